The molecule has 0 bridgehead atoms. The Kier molecular flexibility index (Phi) is 6.21. The molecule has 0 unspecified atom stereocenters. The monoisotopic (exact) mass is 269 g/mol. The minimum atomic E-state index is -0.791. The Bertz CT molecular complexity index is 424. The quantitative estimate of drug-likeness (QED) is 0.737. The van der Waals surface area contributed by atoms with E-state index in [1.807, 2.05) is 0 Å². The Labute approximate surface area is 112 Å². The van der Waals surface area contributed by atoms with Crippen molar-refractivity contribution in [2.24, 2.45) is 5.92 Å². The van der Waals surface area contributed by atoms with Gasteiger partial charge in [0.2, 0.25) is 0 Å². The van der Waals surface area contributed by atoms with E-state index in [0.717, 1.165) is 6.42 Å². The molecule has 0 saturated heterocycles. The molecule has 0 aliphatic carbocycles. The van der Waals surface area contributed by atoms with Crippen LogP contribution in [0.2, 0.25) is 0 Å². The fourth-order valence-electron chi connectivity index (χ4n) is 1.39. The first-order valence-electron chi connectivity index (χ1n) is 6.28. The lowest BCUT2D eigenvalue weighted by Gasteiger charge is -2.08. The van der Waals surface area contributed by atoms with Gasteiger partial charge < -0.3 is 15.8 Å². The van der Waals surface area contributed by atoms with Crippen molar-refractivity contribution in [2.75, 3.05) is 25.5 Å². The predicted molar refractivity (Wildman–Crippen MR) is 71.2 cm³/mol. The number of hydrogen-bond acceptors (Lipinski definition) is 4. The minimum absolute atomic E-state index is 0.102. The minimum Gasteiger partial charge on any atom is -0.381 e. The highest BCUT2D eigenvalue weighted by Gasteiger charge is 2.13. The van der Waals surface area contributed by atoms with E-state index in [1.165, 1.54) is 12.3 Å². The molecule has 3 N–H and O–H groups in total. The first-order chi connectivity index (χ1) is 9.02. The van der Waals surface area contributed by atoms with Gasteiger partial charge in [0.15, 0.2) is 11.6 Å². The van der Waals surface area contributed by atoms with Gasteiger partial charge >= 0.3 is 0 Å². The van der Waals surface area contributed by atoms with Gasteiger partial charge in [-0.1, -0.05) is 13.8 Å². The van der Waals surface area contributed by atoms with E-state index in [1.54, 1.807) is 0 Å². The normalized spacial score (nSPS) is 10.7. The summed E-state index contributed by atoms with van der Waals surface area (Å²) in [5, 5.41) is 2.57. The van der Waals surface area contributed by atoms with Gasteiger partial charge in [0.25, 0.3) is 5.91 Å². The summed E-state index contributed by atoms with van der Waals surface area (Å²) in [6.45, 7) is 5.62. The number of halogens is 1. The van der Waals surface area contributed by atoms with Gasteiger partial charge in [-0.05, 0) is 18.4 Å². The van der Waals surface area contributed by atoms with Gasteiger partial charge in [0.05, 0.1) is 12.2 Å². The summed E-state index contributed by atoms with van der Waals surface area (Å²) in [6.07, 6.45) is 2.27. The Balaban J connectivity index is 2.30. The van der Waals surface area contributed by atoms with Crippen LogP contribution in [-0.2, 0) is 4.74 Å². The zero-order valence-corrected chi connectivity index (χ0v) is 11.3. The topological polar surface area (TPSA) is 77.2 Å². The van der Waals surface area contributed by atoms with E-state index in [2.05, 4.69) is 24.1 Å². The third kappa shape index (κ3) is 5.21. The summed E-state index contributed by atoms with van der Waals surface area (Å²) in [5.74, 6) is -0.996. The summed E-state index contributed by atoms with van der Waals surface area (Å²) in [7, 11) is 0. The average molecular weight is 269 g/mol. The van der Waals surface area contributed by atoms with Gasteiger partial charge in [-0.25, -0.2) is 9.37 Å². The van der Waals surface area contributed by atoms with Crippen molar-refractivity contribution in [1.82, 2.24) is 10.3 Å². The molecule has 1 amide bonds. The zero-order chi connectivity index (χ0) is 14.3. The molecule has 1 heterocycles. The van der Waals surface area contributed by atoms with Crippen LogP contribution >= 0.6 is 0 Å². The van der Waals surface area contributed by atoms with E-state index in [0.29, 0.717) is 25.7 Å². The lowest BCUT2D eigenvalue weighted by Crippen LogP contribution is -2.28. The van der Waals surface area contributed by atoms with Crippen molar-refractivity contribution in [1.29, 1.82) is 0 Å². The van der Waals surface area contributed by atoms with Crippen LogP contribution in [0, 0.1) is 11.7 Å². The third-order valence-corrected chi connectivity index (χ3v) is 2.53. The van der Waals surface area contributed by atoms with E-state index in [-0.39, 0.29) is 11.4 Å². The zero-order valence-electron chi connectivity index (χ0n) is 11.3. The van der Waals surface area contributed by atoms with E-state index in [4.69, 9.17) is 10.5 Å². The number of anilines is 1. The summed E-state index contributed by atoms with van der Waals surface area (Å²) in [5.41, 5.74) is 5.19. The second kappa shape index (κ2) is 7.68. The molecule has 106 valence electrons. The summed E-state index contributed by atoms with van der Waals surface area (Å²) in [4.78, 5) is 15.2. The number of amides is 1. The Morgan fingerprint density at radius 2 is 2.26 bits per heavy atom. The number of aromatic nitrogens is 1. The molecular weight excluding hydrogens is 249 g/mol. The van der Waals surface area contributed by atoms with Gasteiger partial charge in [-0.3, -0.25) is 4.79 Å². The van der Waals surface area contributed by atoms with Crippen LogP contribution in [-0.4, -0.2) is 30.6 Å². The van der Waals surface area contributed by atoms with Crippen LogP contribution in [0.25, 0.3) is 0 Å². The predicted octanol–water partition coefficient (Wildman–Crippen LogP) is 1.60. The smallest absolute Gasteiger partial charge is 0.254 e. The van der Waals surface area contributed by atoms with Crippen LogP contribution in [0.15, 0.2) is 12.3 Å². The molecule has 19 heavy (non-hydrogen) atoms. The molecule has 0 saturated carbocycles. The van der Waals surface area contributed by atoms with Crippen LogP contribution < -0.4 is 11.1 Å². The highest BCUT2D eigenvalue weighted by Crippen LogP contribution is 2.11. The van der Waals surface area contributed by atoms with Crippen LogP contribution in [0.3, 0.4) is 0 Å². The third-order valence-electron chi connectivity index (χ3n) is 2.53. The number of hydrogen-bond donors (Lipinski definition) is 2. The maximum atomic E-state index is 13.5. The molecule has 1 aromatic rings. The number of nitrogens with one attached hydrogen (secondary N) is 1. The number of carbonyl (C=O) groups is 1. The van der Waals surface area contributed by atoms with Crippen molar-refractivity contribution >= 4 is 11.7 Å². The molecule has 6 heteroatoms. The summed E-state index contributed by atoms with van der Waals surface area (Å²) in [6, 6.07) is 1.29. The molecule has 1 rings (SSSR count). The molecule has 0 atom stereocenters. The number of rotatable bonds is 7. The molecule has 0 aromatic carbocycles. The van der Waals surface area contributed by atoms with Crippen molar-refractivity contribution < 1.29 is 13.9 Å². The van der Waals surface area contributed by atoms with Crippen LogP contribution in [0.1, 0.15) is 30.6 Å². The fourth-order valence-corrected chi connectivity index (χ4v) is 1.39. The fraction of sp³-hybridized carbons (Fsp3) is 0.538. The first kappa shape index (κ1) is 15.4. The largest absolute Gasteiger partial charge is 0.381 e. The Morgan fingerprint density at radius 1 is 1.53 bits per heavy atom. The van der Waals surface area contributed by atoms with E-state index >= 15 is 0 Å². The molecule has 0 radical (unpaired) electrons. The summed E-state index contributed by atoms with van der Waals surface area (Å²) >= 11 is 0. The Morgan fingerprint density at radius 3 is 2.95 bits per heavy atom. The maximum absolute atomic E-state index is 13.5. The van der Waals surface area contributed by atoms with Gasteiger partial charge in [-0.2, -0.15) is 0 Å². The van der Waals surface area contributed by atoms with Crippen LogP contribution in [0.5, 0.6) is 0 Å². The highest BCUT2D eigenvalue weighted by molar-refractivity contribution is 5.95. The SMILES string of the molecule is CC(C)CCOCCNC(=O)c1ccnc(N)c1F. The number of pyridine rings is 1. The number of nitrogens with zero attached hydrogens (tertiary/aromatic N) is 1. The highest BCUT2D eigenvalue weighted by atomic mass is 19.1. The molecule has 0 fully saturated rings. The molecule has 0 aliphatic heterocycles. The number of nitrogen functional groups attached to an aromatic ring is 1. The summed E-state index contributed by atoms with van der Waals surface area (Å²) < 4.78 is 18.8. The number of carbonyl (C=O) groups excluding carboxylic acids is 1. The van der Waals surface area contributed by atoms with Crippen molar-refractivity contribution in [2.45, 2.75) is 20.3 Å². The van der Waals surface area contributed by atoms with Gasteiger partial charge in [-0.15, -0.1) is 0 Å². The molecule has 0 aliphatic rings. The van der Waals surface area contributed by atoms with Crippen molar-refractivity contribution in [3.8, 4) is 0 Å². The molecule has 5 nitrogen and oxygen atoms in total. The first-order valence-corrected chi connectivity index (χ1v) is 6.28. The van der Waals surface area contributed by atoms with E-state index in [9.17, 15) is 9.18 Å². The lowest BCUT2D eigenvalue weighted by atomic mass is 10.1. The average Bonchev–Trinajstić information content (AvgIpc) is 2.36. The second-order valence-electron chi connectivity index (χ2n) is 4.61. The lowest BCUT2D eigenvalue weighted by molar-refractivity contribution is 0.0902. The maximum Gasteiger partial charge on any atom is 0.254 e. The molecule has 0 spiro atoms. The van der Waals surface area contributed by atoms with Gasteiger partial charge in [0, 0.05) is 19.3 Å². The molecule has 1 aromatic heterocycles. The van der Waals surface area contributed by atoms with Crippen molar-refractivity contribution in [3.05, 3.63) is 23.6 Å². The van der Waals surface area contributed by atoms with E-state index < -0.39 is 11.7 Å². The van der Waals surface area contributed by atoms with Crippen LogP contribution in [0.4, 0.5) is 10.2 Å². The number of ether oxygens (including phenoxy) is 1. The Hall–Kier alpha value is -1.69. The van der Waals surface area contributed by atoms with Gasteiger partial charge in [0.1, 0.15) is 0 Å². The number of nitrogens with two attached hydrogens (primary N) is 1. The van der Waals surface area contributed by atoms with Crippen molar-refractivity contribution in [3.63, 3.8) is 0 Å². The second-order valence-corrected chi connectivity index (χ2v) is 4.61. The molecular formula is C13H20FN3O2. The standard InChI is InChI=1S/C13H20FN3O2/c1-9(2)4-7-19-8-6-17-13(18)10-3-5-16-12(15)11(10)14/h3,5,9H,4,6-8H2,1-2H3,(H2,15,16)(H,17,18).